The van der Waals surface area contributed by atoms with Gasteiger partial charge in [0.2, 0.25) is 0 Å². The van der Waals surface area contributed by atoms with Gasteiger partial charge in [-0.05, 0) is 13.3 Å². The molecule has 0 saturated carbocycles. The van der Waals surface area contributed by atoms with Gasteiger partial charge in [-0.15, -0.1) is 0 Å². The lowest BCUT2D eigenvalue weighted by Gasteiger charge is -2.04. The first-order valence-electron chi connectivity index (χ1n) is 5.08. The number of hydrogen-bond acceptors (Lipinski definition) is 4. The molecule has 82 valence electrons. The van der Waals surface area contributed by atoms with Gasteiger partial charge in [-0.2, -0.15) is 0 Å². The lowest BCUT2D eigenvalue weighted by molar-refractivity contribution is 0.959. The number of aromatic nitrogens is 4. The monoisotopic (exact) mass is 216 g/mol. The highest BCUT2D eigenvalue weighted by atomic mass is 16.1. The first kappa shape index (κ1) is 10.5. The molecule has 0 saturated heterocycles. The van der Waals surface area contributed by atoms with Crippen molar-refractivity contribution in [2.24, 2.45) is 0 Å². The Hall–Kier alpha value is -2.04. The maximum Gasteiger partial charge on any atom is 0.254 e. The Morgan fingerprint density at radius 3 is 2.75 bits per heavy atom. The second-order valence-corrected chi connectivity index (χ2v) is 3.42. The molecular weight excluding hydrogens is 204 g/mol. The number of aryl methyl sites for hydroxylation is 1. The Labute approximate surface area is 92.6 Å². The minimum absolute atomic E-state index is 0.101. The fourth-order valence-electron chi connectivity index (χ4n) is 1.57. The van der Waals surface area contributed by atoms with E-state index in [1.807, 2.05) is 13.8 Å². The van der Waals surface area contributed by atoms with Crippen LogP contribution in [0.2, 0.25) is 0 Å². The van der Waals surface area contributed by atoms with Crippen LogP contribution in [-0.2, 0) is 6.42 Å². The number of nitrogens with one attached hydrogen (secondary N) is 1. The molecule has 0 amide bonds. The van der Waals surface area contributed by atoms with Gasteiger partial charge in [0.15, 0.2) is 5.82 Å². The number of aromatic amines is 1. The molecular formula is C11H12N4O. The minimum Gasteiger partial charge on any atom is -0.305 e. The van der Waals surface area contributed by atoms with Gasteiger partial charge in [0.25, 0.3) is 5.56 Å². The Kier molecular flexibility index (Phi) is 2.76. The normalized spacial score (nSPS) is 10.4. The molecule has 1 N–H and O–H groups in total. The summed E-state index contributed by atoms with van der Waals surface area (Å²) in [5.74, 6) is 0.466. The van der Waals surface area contributed by atoms with Crippen LogP contribution in [0.4, 0.5) is 0 Å². The van der Waals surface area contributed by atoms with E-state index in [1.165, 1.54) is 0 Å². The zero-order valence-electron chi connectivity index (χ0n) is 9.19. The Bertz CT molecular complexity index is 548. The maximum atomic E-state index is 11.7. The van der Waals surface area contributed by atoms with Gasteiger partial charge in [0.1, 0.15) is 5.69 Å². The van der Waals surface area contributed by atoms with Crippen molar-refractivity contribution in [1.82, 2.24) is 19.9 Å². The fourth-order valence-corrected chi connectivity index (χ4v) is 1.57. The molecule has 0 aromatic carbocycles. The van der Waals surface area contributed by atoms with Gasteiger partial charge in [-0.3, -0.25) is 9.78 Å². The summed E-state index contributed by atoms with van der Waals surface area (Å²) in [5, 5.41) is 0. The molecule has 0 bridgehead atoms. The highest BCUT2D eigenvalue weighted by molar-refractivity contribution is 5.47. The molecule has 2 rings (SSSR count). The standard InChI is InChI=1S/C11H12N4O/c1-3-8-7(2)14-10(15-11(8)16)9-6-12-4-5-13-9/h4-6H,3H2,1-2H3,(H,14,15,16). The molecule has 5 heteroatoms. The van der Waals surface area contributed by atoms with Crippen LogP contribution in [0.25, 0.3) is 11.5 Å². The van der Waals surface area contributed by atoms with E-state index < -0.39 is 0 Å². The van der Waals surface area contributed by atoms with Gasteiger partial charge >= 0.3 is 0 Å². The van der Waals surface area contributed by atoms with Crippen LogP contribution in [0.3, 0.4) is 0 Å². The average Bonchev–Trinajstić information content (AvgIpc) is 2.30. The maximum absolute atomic E-state index is 11.7. The van der Waals surface area contributed by atoms with Crippen molar-refractivity contribution in [3.63, 3.8) is 0 Å². The number of H-pyrrole nitrogens is 1. The van der Waals surface area contributed by atoms with Crippen LogP contribution in [0, 0.1) is 6.92 Å². The molecule has 2 aromatic rings. The van der Waals surface area contributed by atoms with Crippen molar-refractivity contribution >= 4 is 0 Å². The van der Waals surface area contributed by atoms with Crippen molar-refractivity contribution in [2.75, 3.05) is 0 Å². The predicted octanol–water partition coefficient (Wildman–Crippen LogP) is 1.10. The van der Waals surface area contributed by atoms with Gasteiger partial charge < -0.3 is 4.98 Å². The highest BCUT2D eigenvalue weighted by Gasteiger charge is 2.08. The predicted molar refractivity (Wildman–Crippen MR) is 60.0 cm³/mol. The van der Waals surface area contributed by atoms with E-state index in [0.717, 1.165) is 5.69 Å². The largest absolute Gasteiger partial charge is 0.305 e. The van der Waals surface area contributed by atoms with Crippen LogP contribution in [0.5, 0.6) is 0 Å². The quantitative estimate of drug-likeness (QED) is 0.815. The van der Waals surface area contributed by atoms with Crippen molar-refractivity contribution in [1.29, 1.82) is 0 Å². The van der Waals surface area contributed by atoms with Crippen LogP contribution in [0.15, 0.2) is 23.4 Å². The number of hydrogen-bond donors (Lipinski definition) is 1. The molecule has 0 spiro atoms. The summed E-state index contributed by atoms with van der Waals surface area (Å²) < 4.78 is 0. The van der Waals surface area contributed by atoms with E-state index in [9.17, 15) is 4.79 Å². The summed E-state index contributed by atoms with van der Waals surface area (Å²) >= 11 is 0. The second kappa shape index (κ2) is 4.22. The fraction of sp³-hybridized carbons (Fsp3) is 0.273. The van der Waals surface area contributed by atoms with Crippen LogP contribution in [0.1, 0.15) is 18.2 Å². The summed E-state index contributed by atoms with van der Waals surface area (Å²) in [6.07, 6.45) is 5.39. The first-order valence-corrected chi connectivity index (χ1v) is 5.08. The minimum atomic E-state index is -0.101. The average molecular weight is 216 g/mol. The molecule has 2 aromatic heterocycles. The molecule has 0 aliphatic carbocycles. The van der Waals surface area contributed by atoms with E-state index in [2.05, 4.69) is 19.9 Å². The van der Waals surface area contributed by atoms with Crippen molar-refractivity contribution in [2.45, 2.75) is 20.3 Å². The second-order valence-electron chi connectivity index (χ2n) is 3.42. The van der Waals surface area contributed by atoms with E-state index >= 15 is 0 Å². The zero-order chi connectivity index (χ0) is 11.5. The zero-order valence-corrected chi connectivity index (χ0v) is 9.19. The summed E-state index contributed by atoms with van der Waals surface area (Å²) in [4.78, 5) is 26.8. The van der Waals surface area contributed by atoms with E-state index in [-0.39, 0.29) is 5.56 Å². The molecule has 0 radical (unpaired) electrons. The third-order valence-electron chi connectivity index (χ3n) is 2.38. The van der Waals surface area contributed by atoms with E-state index in [4.69, 9.17) is 0 Å². The Morgan fingerprint density at radius 2 is 2.19 bits per heavy atom. The van der Waals surface area contributed by atoms with Gasteiger partial charge in [-0.1, -0.05) is 6.92 Å². The summed E-state index contributed by atoms with van der Waals surface area (Å²) in [5.41, 5.74) is 1.93. The number of nitrogens with zero attached hydrogens (tertiary/aromatic N) is 3. The lowest BCUT2D eigenvalue weighted by atomic mass is 10.2. The summed E-state index contributed by atoms with van der Waals surface area (Å²) in [6, 6.07) is 0. The molecule has 2 heterocycles. The molecule has 0 aliphatic heterocycles. The summed E-state index contributed by atoms with van der Waals surface area (Å²) in [7, 11) is 0. The molecule has 0 fully saturated rings. The molecule has 16 heavy (non-hydrogen) atoms. The van der Waals surface area contributed by atoms with Crippen LogP contribution in [-0.4, -0.2) is 19.9 Å². The van der Waals surface area contributed by atoms with Crippen molar-refractivity contribution < 1.29 is 0 Å². The van der Waals surface area contributed by atoms with Gasteiger partial charge in [0.05, 0.1) is 6.20 Å². The van der Waals surface area contributed by atoms with Gasteiger partial charge in [-0.25, -0.2) is 9.97 Å². The topological polar surface area (TPSA) is 71.5 Å². The molecule has 0 atom stereocenters. The summed E-state index contributed by atoms with van der Waals surface area (Å²) in [6.45, 7) is 3.76. The van der Waals surface area contributed by atoms with Crippen molar-refractivity contribution in [3.8, 4) is 11.5 Å². The molecule has 5 nitrogen and oxygen atoms in total. The number of rotatable bonds is 2. The van der Waals surface area contributed by atoms with Crippen LogP contribution >= 0.6 is 0 Å². The third kappa shape index (κ3) is 1.84. The highest BCUT2D eigenvalue weighted by Crippen LogP contribution is 2.09. The third-order valence-corrected chi connectivity index (χ3v) is 2.38. The Morgan fingerprint density at radius 1 is 1.38 bits per heavy atom. The van der Waals surface area contributed by atoms with Crippen LogP contribution < -0.4 is 5.56 Å². The van der Waals surface area contributed by atoms with E-state index in [1.54, 1.807) is 18.6 Å². The SMILES string of the molecule is CCc1c(C)nc(-c2cnccn2)[nH]c1=O. The Balaban J connectivity index is 2.57. The van der Waals surface area contributed by atoms with E-state index in [0.29, 0.717) is 23.5 Å². The van der Waals surface area contributed by atoms with Gasteiger partial charge in [0, 0.05) is 23.7 Å². The smallest absolute Gasteiger partial charge is 0.254 e. The molecule has 0 unspecified atom stereocenters. The van der Waals surface area contributed by atoms with Crippen molar-refractivity contribution in [3.05, 3.63) is 40.2 Å². The lowest BCUT2D eigenvalue weighted by Crippen LogP contribution is -2.17. The first-order chi connectivity index (χ1) is 7.72. The molecule has 0 aliphatic rings.